The zero-order chi connectivity index (χ0) is 12.5. The van der Waals surface area contributed by atoms with Gasteiger partial charge in [-0.25, -0.2) is 4.98 Å². The molecule has 1 atom stereocenters. The van der Waals surface area contributed by atoms with Crippen LogP contribution in [0.1, 0.15) is 18.7 Å². The Morgan fingerprint density at radius 1 is 1.61 bits per heavy atom. The fourth-order valence-corrected chi connectivity index (χ4v) is 3.22. The Kier molecular flexibility index (Phi) is 3.15. The van der Waals surface area contributed by atoms with Crippen molar-refractivity contribution in [2.45, 2.75) is 25.4 Å². The zero-order valence-corrected chi connectivity index (χ0v) is 10.7. The van der Waals surface area contributed by atoms with E-state index in [1.54, 1.807) is 0 Å². The van der Waals surface area contributed by atoms with Crippen LogP contribution >= 0.6 is 11.3 Å². The summed E-state index contributed by atoms with van der Waals surface area (Å²) in [5, 5.41) is 11.2. The van der Waals surface area contributed by atoms with Crippen molar-refractivity contribution in [3.63, 3.8) is 0 Å². The normalized spacial score (nSPS) is 20.8. The second-order valence-corrected chi connectivity index (χ2v) is 5.51. The van der Waals surface area contributed by atoms with Gasteiger partial charge < -0.3 is 10.1 Å². The maximum Gasteiger partial charge on any atom is 0.268 e. The number of fused-ring (bicyclic) bond motifs is 1. The first kappa shape index (κ1) is 11.8. The standard InChI is InChI=1S/C12H15N3O2S/c16-7-8-2-1-4-15(8)6-10-13-9-3-5-18-11(9)12(17)14-10/h3,5,8,16H,1-2,4,6-7H2,(H,13,14,17). The number of thiophene rings is 1. The quantitative estimate of drug-likeness (QED) is 0.866. The van der Waals surface area contributed by atoms with Crippen molar-refractivity contribution in [1.29, 1.82) is 0 Å². The minimum Gasteiger partial charge on any atom is -0.395 e. The molecule has 5 nitrogen and oxygen atoms in total. The Labute approximate surface area is 108 Å². The summed E-state index contributed by atoms with van der Waals surface area (Å²) in [5.74, 6) is 0.686. The molecule has 0 spiro atoms. The van der Waals surface area contributed by atoms with E-state index in [1.807, 2.05) is 11.4 Å². The molecule has 0 aliphatic carbocycles. The molecule has 96 valence electrons. The molecule has 1 fully saturated rings. The molecule has 3 rings (SSSR count). The summed E-state index contributed by atoms with van der Waals surface area (Å²) < 4.78 is 0.680. The smallest absolute Gasteiger partial charge is 0.268 e. The van der Waals surface area contributed by atoms with E-state index in [2.05, 4.69) is 14.9 Å². The van der Waals surface area contributed by atoms with Gasteiger partial charge in [-0.05, 0) is 30.8 Å². The molecule has 0 radical (unpaired) electrons. The Morgan fingerprint density at radius 2 is 2.50 bits per heavy atom. The van der Waals surface area contributed by atoms with Crippen LogP contribution in [-0.2, 0) is 6.54 Å². The number of aliphatic hydroxyl groups excluding tert-OH is 1. The summed E-state index contributed by atoms with van der Waals surface area (Å²) in [4.78, 5) is 21.3. The lowest BCUT2D eigenvalue weighted by atomic mass is 10.2. The van der Waals surface area contributed by atoms with E-state index in [9.17, 15) is 9.90 Å². The van der Waals surface area contributed by atoms with Gasteiger partial charge in [0.15, 0.2) is 0 Å². The number of H-pyrrole nitrogens is 1. The molecule has 1 saturated heterocycles. The lowest BCUT2D eigenvalue weighted by Gasteiger charge is -2.21. The lowest BCUT2D eigenvalue weighted by molar-refractivity contribution is 0.151. The van der Waals surface area contributed by atoms with E-state index in [-0.39, 0.29) is 18.2 Å². The number of rotatable bonds is 3. The molecular formula is C12H15N3O2S. The maximum absolute atomic E-state index is 11.8. The average molecular weight is 265 g/mol. The highest BCUT2D eigenvalue weighted by Gasteiger charge is 2.24. The molecule has 1 unspecified atom stereocenters. The first-order chi connectivity index (χ1) is 8.78. The van der Waals surface area contributed by atoms with Gasteiger partial charge >= 0.3 is 0 Å². The third-order valence-corrected chi connectivity index (χ3v) is 4.33. The summed E-state index contributed by atoms with van der Waals surface area (Å²) in [7, 11) is 0. The highest BCUT2D eigenvalue weighted by Crippen LogP contribution is 2.19. The molecule has 3 heterocycles. The van der Waals surface area contributed by atoms with E-state index < -0.39 is 0 Å². The zero-order valence-electron chi connectivity index (χ0n) is 9.93. The Morgan fingerprint density at radius 3 is 3.33 bits per heavy atom. The fraction of sp³-hybridized carbons (Fsp3) is 0.500. The largest absolute Gasteiger partial charge is 0.395 e. The van der Waals surface area contributed by atoms with Crippen molar-refractivity contribution in [3.05, 3.63) is 27.6 Å². The Balaban J connectivity index is 1.88. The molecule has 18 heavy (non-hydrogen) atoms. The topological polar surface area (TPSA) is 69.2 Å². The van der Waals surface area contributed by atoms with E-state index >= 15 is 0 Å². The number of aromatic nitrogens is 2. The molecule has 0 aromatic carbocycles. The number of aliphatic hydroxyl groups is 1. The van der Waals surface area contributed by atoms with Crippen molar-refractivity contribution in [3.8, 4) is 0 Å². The molecule has 2 aromatic rings. The van der Waals surface area contributed by atoms with E-state index in [0.717, 1.165) is 24.9 Å². The first-order valence-corrected chi connectivity index (χ1v) is 6.97. The number of hydrogen-bond donors (Lipinski definition) is 2. The van der Waals surface area contributed by atoms with E-state index in [0.29, 0.717) is 17.1 Å². The van der Waals surface area contributed by atoms with E-state index in [4.69, 9.17) is 0 Å². The number of nitrogens with one attached hydrogen (secondary N) is 1. The van der Waals surface area contributed by atoms with Gasteiger partial charge in [0.1, 0.15) is 10.5 Å². The SMILES string of the molecule is O=c1[nH]c(CN2CCCC2CO)nc2ccsc12. The van der Waals surface area contributed by atoms with Crippen LogP contribution in [-0.4, -0.2) is 39.2 Å². The van der Waals surface area contributed by atoms with Crippen molar-refractivity contribution >= 4 is 21.6 Å². The Hall–Kier alpha value is -1.24. The Bertz CT molecular complexity index is 607. The number of hydrogen-bond acceptors (Lipinski definition) is 5. The van der Waals surface area contributed by atoms with Crippen LogP contribution < -0.4 is 5.56 Å². The minimum absolute atomic E-state index is 0.0651. The van der Waals surface area contributed by atoms with E-state index in [1.165, 1.54) is 11.3 Å². The van der Waals surface area contributed by atoms with Gasteiger partial charge in [-0.15, -0.1) is 11.3 Å². The first-order valence-electron chi connectivity index (χ1n) is 6.09. The van der Waals surface area contributed by atoms with Crippen LogP contribution in [0.15, 0.2) is 16.2 Å². The molecule has 2 aromatic heterocycles. The number of nitrogens with zero attached hydrogens (tertiary/aromatic N) is 2. The molecule has 0 bridgehead atoms. The molecule has 6 heteroatoms. The van der Waals surface area contributed by atoms with Crippen molar-refractivity contribution in [2.24, 2.45) is 0 Å². The molecule has 0 amide bonds. The van der Waals surface area contributed by atoms with Crippen LogP contribution in [0.2, 0.25) is 0 Å². The summed E-state index contributed by atoms with van der Waals surface area (Å²) in [6.07, 6.45) is 2.11. The maximum atomic E-state index is 11.8. The van der Waals surface area contributed by atoms with Gasteiger partial charge in [-0.1, -0.05) is 0 Å². The molecule has 1 aliphatic heterocycles. The summed E-state index contributed by atoms with van der Waals surface area (Å²) >= 11 is 1.41. The molecule has 0 saturated carbocycles. The second kappa shape index (κ2) is 4.79. The monoisotopic (exact) mass is 265 g/mol. The number of likely N-dealkylation sites (tertiary alicyclic amines) is 1. The van der Waals surface area contributed by atoms with Gasteiger partial charge in [0, 0.05) is 6.04 Å². The van der Waals surface area contributed by atoms with Gasteiger partial charge in [-0.2, -0.15) is 0 Å². The minimum atomic E-state index is -0.0651. The second-order valence-electron chi connectivity index (χ2n) is 4.60. The molecule has 1 aliphatic rings. The van der Waals surface area contributed by atoms with Crippen LogP contribution in [0.4, 0.5) is 0 Å². The van der Waals surface area contributed by atoms with Crippen molar-refractivity contribution < 1.29 is 5.11 Å². The van der Waals surface area contributed by atoms with Crippen LogP contribution in [0.3, 0.4) is 0 Å². The highest BCUT2D eigenvalue weighted by molar-refractivity contribution is 7.17. The average Bonchev–Trinajstić information content (AvgIpc) is 2.97. The van der Waals surface area contributed by atoms with Gasteiger partial charge in [0.2, 0.25) is 0 Å². The number of aromatic amines is 1. The van der Waals surface area contributed by atoms with Gasteiger partial charge in [0.25, 0.3) is 5.56 Å². The predicted octanol–water partition coefficient (Wildman–Crippen LogP) is 0.941. The summed E-state index contributed by atoms with van der Waals surface area (Å²) in [5.41, 5.74) is 0.697. The molecule has 2 N–H and O–H groups in total. The highest BCUT2D eigenvalue weighted by atomic mass is 32.1. The molecular weight excluding hydrogens is 250 g/mol. The van der Waals surface area contributed by atoms with Crippen LogP contribution in [0, 0.1) is 0 Å². The lowest BCUT2D eigenvalue weighted by Crippen LogP contribution is -2.32. The fourth-order valence-electron chi connectivity index (χ4n) is 2.50. The predicted molar refractivity (Wildman–Crippen MR) is 70.8 cm³/mol. The van der Waals surface area contributed by atoms with Crippen molar-refractivity contribution in [1.82, 2.24) is 14.9 Å². The summed E-state index contributed by atoms with van der Waals surface area (Å²) in [6, 6.07) is 2.07. The van der Waals surface area contributed by atoms with Crippen LogP contribution in [0.25, 0.3) is 10.2 Å². The summed E-state index contributed by atoms with van der Waals surface area (Å²) in [6.45, 7) is 1.73. The third-order valence-electron chi connectivity index (χ3n) is 3.43. The van der Waals surface area contributed by atoms with Crippen LogP contribution in [0.5, 0.6) is 0 Å². The van der Waals surface area contributed by atoms with Gasteiger partial charge in [-0.3, -0.25) is 9.69 Å². The third kappa shape index (κ3) is 2.07. The van der Waals surface area contributed by atoms with Crippen molar-refractivity contribution in [2.75, 3.05) is 13.2 Å². The van der Waals surface area contributed by atoms with Gasteiger partial charge in [0.05, 0.1) is 18.7 Å².